The molecule has 2 heterocycles. The van der Waals surface area contributed by atoms with Gasteiger partial charge in [0.2, 0.25) is 5.91 Å². The molecule has 1 aromatic heterocycles. The molecule has 0 spiro atoms. The van der Waals surface area contributed by atoms with Gasteiger partial charge in [0, 0.05) is 30.9 Å². The Morgan fingerprint density at radius 3 is 2.84 bits per heavy atom. The molecule has 130 valence electrons. The van der Waals surface area contributed by atoms with Crippen LogP contribution < -0.4 is 0 Å². The number of fused-ring (bicyclic) bond motifs is 1. The summed E-state index contributed by atoms with van der Waals surface area (Å²) >= 11 is 0. The Morgan fingerprint density at radius 2 is 2.00 bits per heavy atom. The van der Waals surface area contributed by atoms with Crippen LogP contribution >= 0.6 is 0 Å². The first-order valence-electron chi connectivity index (χ1n) is 9.44. The van der Waals surface area contributed by atoms with E-state index in [1.165, 1.54) is 30.4 Å². The summed E-state index contributed by atoms with van der Waals surface area (Å²) in [7, 11) is 0. The van der Waals surface area contributed by atoms with Crippen molar-refractivity contribution in [2.45, 2.75) is 50.9 Å². The van der Waals surface area contributed by atoms with Gasteiger partial charge in [-0.25, -0.2) is 9.97 Å². The predicted octanol–water partition coefficient (Wildman–Crippen LogP) is 3.30. The molecule has 1 fully saturated rings. The summed E-state index contributed by atoms with van der Waals surface area (Å²) in [4.78, 5) is 23.2. The van der Waals surface area contributed by atoms with E-state index in [1.54, 1.807) is 12.5 Å². The van der Waals surface area contributed by atoms with Gasteiger partial charge >= 0.3 is 0 Å². The van der Waals surface area contributed by atoms with E-state index in [0.29, 0.717) is 12.3 Å². The van der Waals surface area contributed by atoms with Gasteiger partial charge in [0.15, 0.2) is 0 Å². The molecule has 4 rings (SSSR count). The molecule has 4 nitrogen and oxygen atoms in total. The summed E-state index contributed by atoms with van der Waals surface area (Å²) in [6.45, 7) is 1.64. The van der Waals surface area contributed by atoms with Gasteiger partial charge in [-0.3, -0.25) is 4.79 Å². The first-order chi connectivity index (χ1) is 12.3. The molecule has 1 aliphatic heterocycles. The summed E-state index contributed by atoms with van der Waals surface area (Å²) < 4.78 is 0. The van der Waals surface area contributed by atoms with Crippen LogP contribution in [-0.2, 0) is 24.1 Å². The minimum atomic E-state index is 0.245. The van der Waals surface area contributed by atoms with Crippen LogP contribution in [0.5, 0.6) is 0 Å². The number of hydrogen-bond acceptors (Lipinski definition) is 3. The van der Waals surface area contributed by atoms with Crippen molar-refractivity contribution in [3.8, 4) is 0 Å². The lowest BCUT2D eigenvalue weighted by molar-refractivity contribution is -0.131. The topological polar surface area (TPSA) is 46.1 Å². The Hall–Kier alpha value is -2.23. The quantitative estimate of drug-likeness (QED) is 0.864. The number of aryl methyl sites for hydroxylation is 2. The van der Waals surface area contributed by atoms with Crippen molar-refractivity contribution in [2.75, 3.05) is 13.1 Å². The van der Waals surface area contributed by atoms with Crippen molar-refractivity contribution in [2.24, 2.45) is 0 Å². The lowest BCUT2D eigenvalue weighted by Crippen LogP contribution is -2.40. The zero-order valence-corrected chi connectivity index (χ0v) is 14.7. The first-order valence-corrected chi connectivity index (χ1v) is 9.44. The minimum Gasteiger partial charge on any atom is -0.342 e. The number of aromatic nitrogens is 2. The highest BCUT2D eigenvalue weighted by Crippen LogP contribution is 2.26. The fourth-order valence-corrected chi connectivity index (χ4v) is 4.17. The second-order valence-corrected chi connectivity index (χ2v) is 7.30. The average molecular weight is 335 g/mol. The molecule has 1 atom stereocenters. The Morgan fingerprint density at radius 1 is 1.12 bits per heavy atom. The molecule has 1 amide bonds. The van der Waals surface area contributed by atoms with Gasteiger partial charge in [0.05, 0.1) is 6.42 Å². The molecule has 1 aromatic carbocycles. The van der Waals surface area contributed by atoms with Gasteiger partial charge in [-0.05, 0) is 61.3 Å². The van der Waals surface area contributed by atoms with Gasteiger partial charge in [0.1, 0.15) is 6.33 Å². The van der Waals surface area contributed by atoms with Gasteiger partial charge < -0.3 is 4.90 Å². The van der Waals surface area contributed by atoms with Gasteiger partial charge in [-0.2, -0.15) is 0 Å². The number of benzene rings is 1. The minimum absolute atomic E-state index is 0.245. The standard InChI is InChI=1S/C21H25N3O/c25-21(13-16-7-8-17-4-1-2-5-18(17)12-16)24-11-3-6-19(14-24)20-9-10-22-15-23-20/h7-10,12,15,19H,1-6,11,13-14H2. The first kappa shape index (κ1) is 16.2. The molecular formula is C21H25N3O. The molecule has 2 aromatic rings. The second-order valence-electron chi connectivity index (χ2n) is 7.30. The summed E-state index contributed by atoms with van der Waals surface area (Å²) in [6.07, 6.45) is 11.0. The summed E-state index contributed by atoms with van der Waals surface area (Å²) in [6, 6.07) is 8.62. The normalized spacial score (nSPS) is 20.2. The molecular weight excluding hydrogens is 310 g/mol. The molecule has 1 unspecified atom stereocenters. The van der Waals surface area contributed by atoms with Crippen LogP contribution in [0.1, 0.15) is 54.0 Å². The van der Waals surface area contributed by atoms with E-state index in [-0.39, 0.29) is 5.91 Å². The van der Waals surface area contributed by atoms with Crippen molar-refractivity contribution in [3.63, 3.8) is 0 Å². The monoisotopic (exact) mass is 335 g/mol. The second kappa shape index (κ2) is 7.34. The number of carbonyl (C=O) groups excluding carboxylic acids is 1. The number of likely N-dealkylation sites (tertiary alicyclic amines) is 1. The van der Waals surface area contributed by atoms with Crippen molar-refractivity contribution < 1.29 is 4.79 Å². The van der Waals surface area contributed by atoms with Gasteiger partial charge in [-0.15, -0.1) is 0 Å². The third kappa shape index (κ3) is 3.73. The molecule has 0 radical (unpaired) electrons. The fourth-order valence-electron chi connectivity index (χ4n) is 4.17. The number of amides is 1. The molecule has 2 aliphatic rings. The fraction of sp³-hybridized carbons (Fsp3) is 0.476. The van der Waals surface area contributed by atoms with Crippen LogP contribution in [0.25, 0.3) is 0 Å². The van der Waals surface area contributed by atoms with E-state index in [9.17, 15) is 4.79 Å². The van der Waals surface area contributed by atoms with E-state index >= 15 is 0 Å². The van der Waals surface area contributed by atoms with Crippen molar-refractivity contribution in [1.29, 1.82) is 0 Å². The molecule has 0 saturated carbocycles. The Bertz CT molecular complexity index is 744. The lowest BCUT2D eigenvalue weighted by Gasteiger charge is -2.32. The van der Waals surface area contributed by atoms with E-state index in [4.69, 9.17) is 0 Å². The predicted molar refractivity (Wildman–Crippen MR) is 97.4 cm³/mol. The molecule has 4 heteroatoms. The van der Waals surface area contributed by atoms with Gasteiger partial charge in [-0.1, -0.05) is 18.2 Å². The summed E-state index contributed by atoms with van der Waals surface area (Å²) in [5.74, 6) is 0.582. The van der Waals surface area contributed by atoms with E-state index < -0.39 is 0 Å². The largest absolute Gasteiger partial charge is 0.342 e. The number of hydrogen-bond donors (Lipinski definition) is 0. The third-order valence-corrected chi connectivity index (χ3v) is 5.57. The molecule has 0 bridgehead atoms. The number of rotatable bonds is 3. The highest BCUT2D eigenvalue weighted by atomic mass is 16.2. The third-order valence-electron chi connectivity index (χ3n) is 5.57. The van der Waals surface area contributed by atoms with Crippen LogP contribution in [-0.4, -0.2) is 33.9 Å². The highest BCUT2D eigenvalue weighted by molar-refractivity contribution is 5.79. The van der Waals surface area contributed by atoms with Crippen LogP contribution in [0.4, 0.5) is 0 Å². The summed E-state index contributed by atoms with van der Waals surface area (Å²) in [5.41, 5.74) is 5.15. The van der Waals surface area contributed by atoms with Crippen molar-refractivity contribution in [1.82, 2.24) is 14.9 Å². The maximum atomic E-state index is 12.8. The smallest absolute Gasteiger partial charge is 0.227 e. The zero-order chi connectivity index (χ0) is 17.1. The Balaban J connectivity index is 1.42. The Labute approximate surface area is 149 Å². The summed E-state index contributed by atoms with van der Waals surface area (Å²) in [5, 5.41) is 0. The van der Waals surface area contributed by atoms with E-state index in [2.05, 4.69) is 28.2 Å². The Kier molecular flexibility index (Phi) is 4.77. The lowest BCUT2D eigenvalue weighted by atomic mass is 9.89. The van der Waals surface area contributed by atoms with Gasteiger partial charge in [0.25, 0.3) is 0 Å². The molecule has 25 heavy (non-hydrogen) atoms. The SMILES string of the molecule is O=C(Cc1ccc2c(c1)CCCC2)N1CCCC(c2ccncn2)C1. The number of nitrogens with zero attached hydrogens (tertiary/aromatic N) is 3. The number of piperidine rings is 1. The van der Waals surface area contributed by atoms with Crippen LogP contribution in [0.2, 0.25) is 0 Å². The van der Waals surface area contributed by atoms with Crippen molar-refractivity contribution >= 4 is 5.91 Å². The average Bonchev–Trinajstić information content (AvgIpc) is 2.69. The highest BCUT2D eigenvalue weighted by Gasteiger charge is 2.25. The van der Waals surface area contributed by atoms with E-state index in [1.807, 2.05) is 11.0 Å². The van der Waals surface area contributed by atoms with E-state index in [0.717, 1.165) is 43.6 Å². The van der Waals surface area contributed by atoms with Crippen LogP contribution in [0.3, 0.4) is 0 Å². The molecule has 1 aliphatic carbocycles. The van der Waals surface area contributed by atoms with Crippen LogP contribution in [0, 0.1) is 0 Å². The van der Waals surface area contributed by atoms with Crippen LogP contribution in [0.15, 0.2) is 36.8 Å². The molecule has 1 saturated heterocycles. The maximum Gasteiger partial charge on any atom is 0.227 e. The van der Waals surface area contributed by atoms with Crippen molar-refractivity contribution in [3.05, 3.63) is 59.2 Å². The number of carbonyl (C=O) groups is 1. The zero-order valence-electron chi connectivity index (χ0n) is 14.7. The molecule has 0 N–H and O–H groups in total. The maximum absolute atomic E-state index is 12.8.